The van der Waals surface area contributed by atoms with Crippen LogP contribution in [0.5, 0.6) is 0 Å². The predicted octanol–water partition coefficient (Wildman–Crippen LogP) is 3.43. The highest BCUT2D eigenvalue weighted by Gasteiger charge is 2.30. The molecular formula is C12H18O2S. The smallest absolute Gasteiger partial charge is 0.307 e. The molecular weight excluding hydrogens is 208 g/mol. The van der Waals surface area contributed by atoms with Crippen molar-refractivity contribution in [1.82, 2.24) is 0 Å². The summed E-state index contributed by atoms with van der Waals surface area (Å²) in [6.07, 6.45) is 1.59. The highest BCUT2D eigenvalue weighted by molar-refractivity contribution is 7.09. The molecule has 0 amide bonds. The van der Waals surface area contributed by atoms with Crippen molar-refractivity contribution in [2.45, 2.75) is 33.6 Å². The number of thiophene rings is 1. The Balaban J connectivity index is 2.57. The van der Waals surface area contributed by atoms with E-state index >= 15 is 0 Å². The number of hydrogen-bond acceptors (Lipinski definition) is 2. The highest BCUT2D eigenvalue weighted by atomic mass is 32.1. The fourth-order valence-corrected chi connectivity index (χ4v) is 2.39. The zero-order valence-corrected chi connectivity index (χ0v) is 10.3. The van der Waals surface area contributed by atoms with E-state index in [0.717, 1.165) is 12.8 Å². The van der Waals surface area contributed by atoms with Gasteiger partial charge in [0, 0.05) is 4.88 Å². The largest absolute Gasteiger partial charge is 0.481 e. The third kappa shape index (κ3) is 3.67. The van der Waals surface area contributed by atoms with Crippen LogP contribution in [-0.2, 0) is 11.2 Å². The minimum Gasteiger partial charge on any atom is -0.481 e. The molecule has 3 heteroatoms. The Labute approximate surface area is 94.9 Å². The van der Waals surface area contributed by atoms with E-state index in [1.54, 1.807) is 11.3 Å². The van der Waals surface area contributed by atoms with Crippen molar-refractivity contribution in [2.75, 3.05) is 0 Å². The zero-order chi connectivity index (χ0) is 11.5. The van der Waals surface area contributed by atoms with Gasteiger partial charge in [0.1, 0.15) is 0 Å². The summed E-state index contributed by atoms with van der Waals surface area (Å²) in [5, 5.41) is 11.2. The van der Waals surface area contributed by atoms with E-state index < -0.39 is 5.97 Å². The summed E-state index contributed by atoms with van der Waals surface area (Å²) in [5.74, 6) is -0.946. The maximum atomic E-state index is 11.1. The van der Waals surface area contributed by atoms with Crippen LogP contribution in [0, 0.1) is 11.3 Å². The average molecular weight is 226 g/mol. The molecule has 0 aromatic carbocycles. The lowest BCUT2D eigenvalue weighted by Gasteiger charge is -2.26. The van der Waals surface area contributed by atoms with Crippen molar-refractivity contribution >= 4 is 17.3 Å². The molecule has 0 aliphatic rings. The van der Waals surface area contributed by atoms with Gasteiger partial charge < -0.3 is 5.11 Å². The fraction of sp³-hybridized carbons (Fsp3) is 0.583. The van der Waals surface area contributed by atoms with Gasteiger partial charge >= 0.3 is 5.97 Å². The molecule has 1 aromatic heterocycles. The van der Waals surface area contributed by atoms with E-state index in [1.165, 1.54) is 4.88 Å². The molecule has 0 spiro atoms. The maximum Gasteiger partial charge on any atom is 0.307 e. The van der Waals surface area contributed by atoms with E-state index in [-0.39, 0.29) is 11.3 Å². The van der Waals surface area contributed by atoms with Crippen LogP contribution < -0.4 is 0 Å². The summed E-state index contributed by atoms with van der Waals surface area (Å²) in [7, 11) is 0. The van der Waals surface area contributed by atoms with Crippen LogP contribution in [0.25, 0.3) is 0 Å². The van der Waals surface area contributed by atoms with Gasteiger partial charge in [0.15, 0.2) is 0 Å². The molecule has 0 radical (unpaired) electrons. The second kappa shape index (κ2) is 4.79. The minimum atomic E-state index is -0.681. The van der Waals surface area contributed by atoms with Crippen LogP contribution in [0.4, 0.5) is 0 Å². The van der Waals surface area contributed by atoms with Crippen LogP contribution in [0.2, 0.25) is 0 Å². The average Bonchev–Trinajstić information content (AvgIpc) is 2.53. The van der Waals surface area contributed by atoms with Gasteiger partial charge in [-0.3, -0.25) is 4.79 Å². The van der Waals surface area contributed by atoms with Crippen LogP contribution in [-0.4, -0.2) is 11.1 Å². The third-order valence-corrected chi connectivity index (χ3v) is 3.54. The summed E-state index contributed by atoms with van der Waals surface area (Å²) in [6.45, 7) is 5.96. The Bertz CT molecular complexity index is 309. The molecule has 0 fully saturated rings. The van der Waals surface area contributed by atoms with Gasteiger partial charge in [-0.25, -0.2) is 0 Å². The highest BCUT2D eigenvalue weighted by Crippen LogP contribution is 2.30. The molecule has 1 atom stereocenters. The van der Waals surface area contributed by atoms with Gasteiger partial charge in [-0.2, -0.15) is 0 Å². The second-order valence-corrected chi connectivity index (χ2v) is 5.91. The maximum absolute atomic E-state index is 11.1. The molecule has 1 heterocycles. The van der Waals surface area contributed by atoms with Crippen molar-refractivity contribution in [3.05, 3.63) is 22.4 Å². The summed E-state index contributed by atoms with van der Waals surface area (Å²) in [5.41, 5.74) is -0.164. The molecule has 0 aliphatic heterocycles. The standard InChI is InChI=1S/C12H18O2S/c1-12(2,3)10(11(13)14)7-6-9-5-4-8-15-9/h4-5,8,10H,6-7H2,1-3H3,(H,13,14). The lowest BCUT2D eigenvalue weighted by Crippen LogP contribution is -2.28. The van der Waals surface area contributed by atoms with Crippen molar-refractivity contribution in [3.63, 3.8) is 0 Å². The molecule has 0 bridgehead atoms. The van der Waals surface area contributed by atoms with Crippen molar-refractivity contribution < 1.29 is 9.90 Å². The molecule has 84 valence electrons. The normalized spacial score (nSPS) is 13.8. The molecule has 1 unspecified atom stereocenters. The minimum absolute atomic E-state index is 0.164. The zero-order valence-electron chi connectivity index (χ0n) is 9.49. The Morgan fingerprint density at radius 2 is 2.20 bits per heavy atom. The Kier molecular flexibility index (Phi) is 3.91. The van der Waals surface area contributed by atoms with Crippen LogP contribution in [0.15, 0.2) is 17.5 Å². The van der Waals surface area contributed by atoms with Gasteiger partial charge in [-0.05, 0) is 29.7 Å². The molecule has 0 saturated carbocycles. The summed E-state index contributed by atoms with van der Waals surface area (Å²) in [4.78, 5) is 12.4. The van der Waals surface area contributed by atoms with E-state index in [0.29, 0.717) is 0 Å². The quantitative estimate of drug-likeness (QED) is 0.854. The number of carboxylic acids is 1. The fourth-order valence-electron chi connectivity index (χ4n) is 1.67. The first-order valence-electron chi connectivity index (χ1n) is 5.16. The third-order valence-electron chi connectivity index (χ3n) is 2.60. The van der Waals surface area contributed by atoms with Gasteiger partial charge in [-0.15, -0.1) is 11.3 Å². The topological polar surface area (TPSA) is 37.3 Å². The number of rotatable bonds is 4. The van der Waals surface area contributed by atoms with Crippen molar-refractivity contribution in [3.8, 4) is 0 Å². The van der Waals surface area contributed by atoms with Gasteiger partial charge in [0.25, 0.3) is 0 Å². The first kappa shape index (κ1) is 12.2. The molecule has 0 aliphatic carbocycles. The van der Waals surface area contributed by atoms with Crippen LogP contribution >= 0.6 is 11.3 Å². The lowest BCUT2D eigenvalue weighted by molar-refractivity contribution is -0.145. The molecule has 1 aromatic rings. The first-order valence-corrected chi connectivity index (χ1v) is 6.04. The lowest BCUT2D eigenvalue weighted by atomic mass is 9.78. The van der Waals surface area contributed by atoms with Gasteiger partial charge in [0.2, 0.25) is 0 Å². The number of carbonyl (C=O) groups is 1. The molecule has 2 nitrogen and oxygen atoms in total. The van der Waals surface area contributed by atoms with Crippen LogP contribution in [0.1, 0.15) is 32.1 Å². The van der Waals surface area contributed by atoms with Gasteiger partial charge in [0.05, 0.1) is 5.92 Å². The van der Waals surface area contributed by atoms with Gasteiger partial charge in [-0.1, -0.05) is 26.8 Å². The molecule has 1 N–H and O–H groups in total. The van der Waals surface area contributed by atoms with Crippen LogP contribution in [0.3, 0.4) is 0 Å². The van der Waals surface area contributed by atoms with E-state index in [9.17, 15) is 4.79 Å². The molecule has 0 saturated heterocycles. The van der Waals surface area contributed by atoms with E-state index in [4.69, 9.17) is 5.11 Å². The SMILES string of the molecule is CC(C)(C)C(CCc1cccs1)C(=O)O. The number of hydrogen-bond donors (Lipinski definition) is 1. The molecule has 1 rings (SSSR count). The Hall–Kier alpha value is -0.830. The summed E-state index contributed by atoms with van der Waals surface area (Å²) < 4.78 is 0. The summed E-state index contributed by atoms with van der Waals surface area (Å²) in [6, 6.07) is 4.07. The van der Waals surface area contributed by atoms with Crippen molar-refractivity contribution in [1.29, 1.82) is 0 Å². The first-order chi connectivity index (χ1) is 6.91. The number of aryl methyl sites for hydroxylation is 1. The van der Waals surface area contributed by atoms with Crippen molar-refractivity contribution in [2.24, 2.45) is 11.3 Å². The Morgan fingerprint density at radius 1 is 1.53 bits per heavy atom. The van der Waals surface area contributed by atoms with E-state index in [2.05, 4.69) is 6.07 Å². The van der Waals surface area contributed by atoms with E-state index in [1.807, 2.05) is 32.2 Å². The number of carboxylic acid groups (broad SMARTS) is 1. The Morgan fingerprint density at radius 3 is 2.60 bits per heavy atom. The predicted molar refractivity (Wildman–Crippen MR) is 63.2 cm³/mol. The number of aliphatic carboxylic acids is 1. The molecule has 15 heavy (non-hydrogen) atoms. The second-order valence-electron chi connectivity index (χ2n) is 4.87. The monoisotopic (exact) mass is 226 g/mol. The summed E-state index contributed by atoms with van der Waals surface area (Å²) >= 11 is 1.69.